The van der Waals surface area contributed by atoms with Gasteiger partial charge in [-0.3, -0.25) is 4.68 Å². The largest absolute Gasteiger partial charge is 0.460 e. The Bertz CT molecular complexity index is 496. The van der Waals surface area contributed by atoms with Gasteiger partial charge >= 0.3 is 0 Å². The monoisotopic (exact) mass is 219 g/mol. The standard InChI is InChI=1S/C12H17N3O/c1-4-15-9(3)12(8(2)14-15)11-6-5-10(7-13)16-11/h5-6H,4,7,13H2,1-3H3. The first-order valence-corrected chi connectivity index (χ1v) is 5.50. The molecule has 0 atom stereocenters. The highest BCUT2D eigenvalue weighted by Crippen LogP contribution is 2.28. The van der Waals surface area contributed by atoms with Gasteiger partial charge in [-0.1, -0.05) is 0 Å². The SMILES string of the molecule is CCn1nc(C)c(-c2ccc(CN)o2)c1C. The summed E-state index contributed by atoms with van der Waals surface area (Å²) in [4.78, 5) is 0. The Labute approximate surface area is 95.1 Å². The Hall–Kier alpha value is -1.55. The Morgan fingerprint density at radius 3 is 2.62 bits per heavy atom. The smallest absolute Gasteiger partial charge is 0.138 e. The van der Waals surface area contributed by atoms with E-state index >= 15 is 0 Å². The molecule has 4 nitrogen and oxygen atoms in total. The van der Waals surface area contributed by atoms with E-state index in [0.29, 0.717) is 6.54 Å². The van der Waals surface area contributed by atoms with Crippen LogP contribution in [0.5, 0.6) is 0 Å². The molecule has 0 saturated heterocycles. The van der Waals surface area contributed by atoms with Gasteiger partial charge in [0.2, 0.25) is 0 Å². The fourth-order valence-electron chi connectivity index (χ4n) is 1.98. The van der Waals surface area contributed by atoms with Crippen LogP contribution in [0.2, 0.25) is 0 Å². The van der Waals surface area contributed by atoms with Crippen LogP contribution >= 0.6 is 0 Å². The van der Waals surface area contributed by atoms with E-state index in [0.717, 1.165) is 35.0 Å². The topological polar surface area (TPSA) is 57.0 Å². The van der Waals surface area contributed by atoms with Gasteiger partial charge in [-0.15, -0.1) is 0 Å². The van der Waals surface area contributed by atoms with E-state index in [2.05, 4.69) is 18.9 Å². The minimum atomic E-state index is 0.431. The predicted molar refractivity (Wildman–Crippen MR) is 63.0 cm³/mol. The van der Waals surface area contributed by atoms with Gasteiger partial charge in [0, 0.05) is 12.2 Å². The van der Waals surface area contributed by atoms with Crippen molar-refractivity contribution in [2.75, 3.05) is 0 Å². The van der Waals surface area contributed by atoms with Crippen molar-refractivity contribution in [2.45, 2.75) is 33.9 Å². The molecule has 0 fully saturated rings. The third kappa shape index (κ3) is 1.65. The zero-order chi connectivity index (χ0) is 11.7. The molecule has 86 valence electrons. The molecule has 0 aliphatic heterocycles. The van der Waals surface area contributed by atoms with Gasteiger partial charge in [-0.05, 0) is 32.9 Å². The summed E-state index contributed by atoms with van der Waals surface area (Å²) in [5.74, 6) is 1.66. The minimum Gasteiger partial charge on any atom is -0.460 e. The molecule has 0 aliphatic rings. The summed E-state index contributed by atoms with van der Waals surface area (Å²) >= 11 is 0. The van der Waals surface area contributed by atoms with Gasteiger partial charge in [0.05, 0.1) is 17.8 Å². The molecule has 0 bridgehead atoms. The van der Waals surface area contributed by atoms with E-state index in [-0.39, 0.29) is 0 Å². The summed E-state index contributed by atoms with van der Waals surface area (Å²) in [6.07, 6.45) is 0. The third-order valence-electron chi connectivity index (χ3n) is 2.79. The molecule has 0 saturated carbocycles. The zero-order valence-electron chi connectivity index (χ0n) is 9.95. The summed E-state index contributed by atoms with van der Waals surface area (Å²) in [5.41, 5.74) is 8.75. The van der Waals surface area contributed by atoms with E-state index < -0.39 is 0 Å². The van der Waals surface area contributed by atoms with Crippen LogP contribution in [-0.4, -0.2) is 9.78 Å². The number of aryl methyl sites for hydroxylation is 2. The second kappa shape index (κ2) is 4.14. The Morgan fingerprint density at radius 2 is 2.12 bits per heavy atom. The number of hydrogen-bond acceptors (Lipinski definition) is 3. The highest BCUT2D eigenvalue weighted by molar-refractivity contribution is 5.63. The summed E-state index contributed by atoms with van der Waals surface area (Å²) in [6.45, 7) is 7.44. The van der Waals surface area contributed by atoms with Crippen molar-refractivity contribution in [3.63, 3.8) is 0 Å². The minimum absolute atomic E-state index is 0.431. The summed E-state index contributed by atoms with van der Waals surface area (Å²) in [6, 6.07) is 3.87. The van der Waals surface area contributed by atoms with E-state index in [1.54, 1.807) is 0 Å². The van der Waals surface area contributed by atoms with Gasteiger partial charge in [0.25, 0.3) is 0 Å². The van der Waals surface area contributed by atoms with E-state index in [1.807, 2.05) is 23.7 Å². The quantitative estimate of drug-likeness (QED) is 0.861. The van der Waals surface area contributed by atoms with E-state index in [4.69, 9.17) is 10.2 Å². The molecule has 4 heteroatoms. The molecule has 0 amide bonds. The Kier molecular flexibility index (Phi) is 2.83. The maximum Gasteiger partial charge on any atom is 0.138 e. The van der Waals surface area contributed by atoms with Crippen LogP contribution in [0.1, 0.15) is 24.1 Å². The molecule has 2 N–H and O–H groups in total. The lowest BCUT2D eigenvalue weighted by Crippen LogP contribution is -1.98. The normalized spacial score (nSPS) is 11.0. The van der Waals surface area contributed by atoms with Crippen molar-refractivity contribution in [3.8, 4) is 11.3 Å². The molecule has 0 spiro atoms. The molecule has 2 rings (SSSR count). The fraction of sp³-hybridized carbons (Fsp3) is 0.417. The highest BCUT2D eigenvalue weighted by atomic mass is 16.3. The van der Waals surface area contributed by atoms with Crippen LogP contribution in [0.15, 0.2) is 16.5 Å². The second-order valence-electron chi connectivity index (χ2n) is 3.83. The van der Waals surface area contributed by atoms with Crippen LogP contribution in [0.4, 0.5) is 0 Å². The maximum absolute atomic E-state index is 5.66. The van der Waals surface area contributed by atoms with Gasteiger partial charge in [-0.25, -0.2) is 0 Å². The van der Waals surface area contributed by atoms with Crippen molar-refractivity contribution in [1.82, 2.24) is 9.78 Å². The zero-order valence-corrected chi connectivity index (χ0v) is 9.95. The van der Waals surface area contributed by atoms with Crippen molar-refractivity contribution in [2.24, 2.45) is 5.73 Å². The molecule has 16 heavy (non-hydrogen) atoms. The van der Waals surface area contributed by atoms with Crippen LogP contribution in [0, 0.1) is 13.8 Å². The third-order valence-corrected chi connectivity index (χ3v) is 2.79. The average Bonchev–Trinajstić information content (AvgIpc) is 2.83. The van der Waals surface area contributed by atoms with Gasteiger partial charge in [0.1, 0.15) is 11.5 Å². The Morgan fingerprint density at radius 1 is 1.38 bits per heavy atom. The molecule has 2 aromatic rings. The fourth-order valence-corrected chi connectivity index (χ4v) is 1.98. The molecular weight excluding hydrogens is 202 g/mol. The van der Waals surface area contributed by atoms with Crippen molar-refractivity contribution in [3.05, 3.63) is 29.3 Å². The summed E-state index contributed by atoms with van der Waals surface area (Å²) in [5, 5.41) is 4.47. The maximum atomic E-state index is 5.66. The van der Waals surface area contributed by atoms with Crippen LogP contribution in [0.3, 0.4) is 0 Å². The van der Waals surface area contributed by atoms with Crippen LogP contribution in [-0.2, 0) is 13.1 Å². The molecule has 0 radical (unpaired) electrons. The first-order chi connectivity index (χ1) is 7.67. The van der Waals surface area contributed by atoms with E-state index in [1.165, 1.54) is 0 Å². The number of rotatable bonds is 3. The molecule has 2 aromatic heterocycles. The van der Waals surface area contributed by atoms with Gasteiger partial charge < -0.3 is 10.2 Å². The lowest BCUT2D eigenvalue weighted by atomic mass is 10.1. The molecule has 0 aromatic carbocycles. The number of hydrogen-bond donors (Lipinski definition) is 1. The molecular formula is C12H17N3O. The molecule has 2 heterocycles. The predicted octanol–water partition coefficient (Wildman–Crippen LogP) is 2.24. The first-order valence-electron chi connectivity index (χ1n) is 5.50. The number of furan rings is 1. The lowest BCUT2D eigenvalue weighted by molar-refractivity contribution is 0.524. The molecule has 0 unspecified atom stereocenters. The number of aromatic nitrogens is 2. The average molecular weight is 219 g/mol. The van der Waals surface area contributed by atoms with Crippen molar-refractivity contribution < 1.29 is 4.42 Å². The second-order valence-corrected chi connectivity index (χ2v) is 3.83. The number of nitrogens with zero attached hydrogens (tertiary/aromatic N) is 2. The number of nitrogens with two attached hydrogens (primary N) is 1. The van der Waals surface area contributed by atoms with Crippen LogP contribution < -0.4 is 5.73 Å². The highest BCUT2D eigenvalue weighted by Gasteiger charge is 2.15. The lowest BCUT2D eigenvalue weighted by Gasteiger charge is -2.00. The Balaban J connectivity index is 2.50. The summed E-state index contributed by atoms with van der Waals surface area (Å²) < 4.78 is 7.64. The summed E-state index contributed by atoms with van der Waals surface area (Å²) in [7, 11) is 0. The van der Waals surface area contributed by atoms with Crippen molar-refractivity contribution in [1.29, 1.82) is 0 Å². The van der Waals surface area contributed by atoms with Crippen LogP contribution in [0.25, 0.3) is 11.3 Å². The van der Waals surface area contributed by atoms with Gasteiger partial charge in [-0.2, -0.15) is 5.10 Å². The molecule has 0 aliphatic carbocycles. The first kappa shape index (κ1) is 11.0. The van der Waals surface area contributed by atoms with Crippen molar-refractivity contribution >= 4 is 0 Å². The van der Waals surface area contributed by atoms with E-state index in [9.17, 15) is 0 Å². The van der Waals surface area contributed by atoms with Gasteiger partial charge in [0.15, 0.2) is 0 Å².